The maximum atomic E-state index is 5.36. The molecule has 1 aliphatic carbocycles. The summed E-state index contributed by atoms with van der Waals surface area (Å²) in [6.45, 7) is 5.00. The molecule has 0 aromatic carbocycles. The van der Waals surface area contributed by atoms with Gasteiger partial charge in [0.1, 0.15) is 0 Å². The van der Waals surface area contributed by atoms with Crippen LogP contribution in [0, 0.1) is 5.92 Å². The molecule has 0 saturated carbocycles. The van der Waals surface area contributed by atoms with Crippen molar-refractivity contribution in [3.8, 4) is 0 Å². The van der Waals surface area contributed by atoms with Crippen LogP contribution in [0.4, 0.5) is 0 Å². The van der Waals surface area contributed by atoms with Gasteiger partial charge in [-0.1, -0.05) is 19.1 Å². The lowest BCUT2D eigenvalue weighted by atomic mass is 10.0. The highest BCUT2D eigenvalue weighted by Gasteiger charge is 2.05. The highest BCUT2D eigenvalue weighted by atomic mass is 16.5. The second-order valence-corrected chi connectivity index (χ2v) is 2.63. The Morgan fingerprint density at radius 3 is 3.10 bits per heavy atom. The van der Waals surface area contributed by atoms with Crippen molar-refractivity contribution in [2.75, 3.05) is 6.61 Å². The van der Waals surface area contributed by atoms with Gasteiger partial charge < -0.3 is 4.74 Å². The molecule has 0 N–H and O–H groups in total. The van der Waals surface area contributed by atoms with E-state index in [1.54, 1.807) is 0 Å². The van der Waals surface area contributed by atoms with E-state index in [2.05, 4.69) is 19.1 Å². The van der Waals surface area contributed by atoms with E-state index in [1.807, 2.05) is 13.0 Å². The first-order chi connectivity index (χ1) is 4.83. The van der Waals surface area contributed by atoms with Gasteiger partial charge in [0.05, 0.1) is 12.4 Å². The van der Waals surface area contributed by atoms with Gasteiger partial charge in [0.15, 0.2) is 0 Å². The van der Waals surface area contributed by atoms with Crippen molar-refractivity contribution in [1.29, 1.82) is 0 Å². The molecule has 0 aromatic heterocycles. The fraction of sp³-hybridized carbons (Fsp3) is 0.556. The van der Waals surface area contributed by atoms with Crippen LogP contribution in [-0.2, 0) is 4.74 Å². The van der Waals surface area contributed by atoms with Crippen LogP contribution in [0.25, 0.3) is 0 Å². The van der Waals surface area contributed by atoms with Gasteiger partial charge in [-0.2, -0.15) is 0 Å². The summed E-state index contributed by atoms with van der Waals surface area (Å²) >= 11 is 0. The summed E-state index contributed by atoms with van der Waals surface area (Å²) < 4.78 is 5.36. The third-order valence-corrected chi connectivity index (χ3v) is 1.57. The maximum absolute atomic E-state index is 5.36. The predicted octanol–water partition coefficient (Wildman–Crippen LogP) is 2.50. The summed E-state index contributed by atoms with van der Waals surface area (Å²) in [5.74, 6) is 1.77. The SMILES string of the molecule is CCOC1=CC=C[C@H](C)C1. The highest BCUT2D eigenvalue weighted by molar-refractivity contribution is 5.14. The summed E-state index contributed by atoms with van der Waals surface area (Å²) in [4.78, 5) is 0. The number of rotatable bonds is 2. The molecule has 0 unspecified atom stereocenters. The van der Waals surface area contributed by atoms with Gasteiger partial charge in [0.2, 0.25) is 0 Å². The molecule has 0 fully saturated rings. The minimum Gasteiger partial charge on any atom is -0.498 e. The molecule has 0 heterocycles. The topological polar surface area (TPSA) is 9.23 Å². The van der Waals surface area contributed by atoms with Gasteiger partial charge in [-0.3, -0.25) is 0 Å². The molecule has 0 saturated heterocycles. The zero-order valence-corrected chi connectivity index (χ0v) is 6.63. The molecule has 0 radical (unpaired) electrons. The third kappa shape index (κ3) is 1.90. The lowest BCUT2D eigenvalue weighted by molar-refractivity contribution is 0.211. The molecule has 1 rings (SSSR count). The van der Waals surface area contributed by atoms with Gasteiger partial charge in [0.25, 0.3) is 0 Å². The zero-order chi connectivity index (χ0) is 7.40. The normalized spacial score (nSPS) is 24.2. The fourth-order valence-corrected chi connectivity index (χ4v) is 1.10. The van der Waals surface area contributed by atoms with Crippen LogP contribution < -0.4 is 0 Å². The van der Waals surface area contributed by atoms with E-state index in [-0.39, 0.29) is 0 Å². The zero-order valence-electron chi connectivity index (χ0n) is 6.63. The molecular formula is C9H14O. The Morgan fingerprint density at radius 1 is 1.70 bits per heavy atom. The molecule has 0 amide bonds. The lowest BCUT2D eigenvalue weighted by Crippen LogP contribution is -2.00. The Labute approximate surface area is 62.4 Å². The van der Waals surface area contributed by atoms with Crippen LogP contribution in [0.3, 0.4) is 0 Å². The first-order valence-corrected chi connectivity index (χ1v) is 3.83. The van der Waals surface area contributed by atoms with Gasteiger partial charge in [-0.05, 0) is 18.9 Å². The Balaban J connectivity index is 2.45. The van der Waals surface area contributed by atoms with Crippen molar-refractivity contribution < 1.29 is 4.74 Å². The second kappa shape index (κ2) is 3.45. The van der Waals surface area contributed by atoms with Crippen molar-refractivity contribution in [3.63, 3.8) is 0 Å². The van der Waals surface area contributed by atoms with Crippen molar-refractivity contribution in [2.45, 2.75) is 20.3 Å². The van der Waals surface area contributed by atoms with Crippen LogP contribution in [-0.4, -0.2) is 6.61 Å². The molecule has 0 spiro atoms. The first kappa shape index (κ1) is 7.39. The predicted molar refractivity (Wildman–Crippen MR) is 42.6 cm³/mol. The summed E-state index contributed by atoms with van der Waals surface area (Å²) in [5, 5.41) is 0. The minimum absolute atomic E-state index is 0.645. The Morgan fingerprint density at radius 2 is 2.50 bits per heavy atom. The van der Waals surface area contributed by atoms with E-state index < -0.39 is 0 Å². The van der Waals surface area contributed by atoms with Crippen LogP contribution in [0.1, 0.15) is 20.3 Å². The average molecular weight is 138 g/mol. The van der Waals surface area contributed by atoms with Crippen molar-refractivity contribution in [1.82, 2.24) is 0 Å². The fourth-order valence-electron chi connectivity index (χ4n) is 1.10. The van der Waals surface area contributed by atoms with Crippen molar-refractivity contribution in [2.24, 2.45) is 5.92 Å². The number of allylic oxidation sites excluding steroid dienone is 4. The van der Waals surface area contributed by atoms with Crippen LogP contribution in [0.5, 0.6) is 0 Å². The minimum atomic E-state index is 0.645. The van der Waals surface area contributed by atoms with Crippen LogP contribution >= 0.6 is 0 Å². The van der Waals surface area contributed by atoms with E-state index in [4.69, 9.17) is 4.74 Å². The molecule has 1 heteroatoms. The summed E-state index contributed by atoms with van der Waals surface area (Å²) in [6.07, 6.45) is 7.37. The summed E-state index contributed by atoms with van der Waals surface area (Å²) in [5.41, 5.74) is 0. The number of hydrogen-bond donors (Lipinski definition) is 0. The molecule has 56 valence electrons. The lowest BCUT2D eigenvalue weighted by Gasteiger charge is -2.13. The second-order valence-electron chi connectivity index (χ2n) is 2.63. The Kier molecular flexibility index (Phi) is 2.55. The smallest absolute Gasteiger partial charge is 0.0965 e. The van der Waals surface area contributed by atoms with E-state index in [1.165, 1.54) is 0 Å². The Bertz CT molecular complexity index is 156. The molecule has 1 nitrogen and oxygen atoms in total. The standard InChI is InChI=1S/C9H14O/c1-3-10-9-6-4-5-8(2)7-9/h4-6,8H,3,7H2,1-2H3/t8-/m0/s1. The first-order valence-electron chi connectivity index (χ1n) is 3.83. The average Bonchev–Trinajstić information content (AvgIpc) is 1.88. The Hall–Kier alpha value is -0.720. The van der Waals surface area contributed by atoms with E-state index in [9.17, 15) is 0 Å². The van der Waals surface area contributed by atoms with Gasteiger partial charge in [0, 0.05) is 6.42 Å². The maximum Gasteiger partial charge on any atom is 0.0965 e. The van der Waals surface area contributed by atoms with E-state index >= 15 is 0 Å². The van der Waals surface area contributed by atoms with Crippen LogP contribution in [0.2, 0.25) is 0 Å². The number of hydrogen-bond acceptors (Lipinski definition) is 1. The number of ether oxygens (including phenoxy) is 1. The van der Waals surface area contributed by atoms with Gasteiger partial charge in [-0.15, -0.1) is 0 Å². The van der Waals surface area contributed by atoms with Crippen molar-refractivity contribution >= 4 is 0 Å². The summed E-state index contributed by atoms with van der Waals surface area (Å²) in [7, 11) is 0. The molecule has 1 aliphatic rings. The van der Waals surface area contributed by atoms with E-state index in [0.717, 1.165) is 18.8 Å². The molecule has 1 atom stereocenters. The quantitative estimate of drug-likeness (QED) is 0.569. The monoisotopic (exact) mass is 138 g/mol. The van der Waals surface area contributed by atoms with Crippen molar-refractivity contribution in [3.05, 3.63) is 24.0 Å². The van der Waals surface area contributed by atoms with E-state index in [0.29, 0.717) is 5.92 Å². The highest BCUT2D eigenvalue weighted by Crippen LogP contribution is 2.18. The summed E-state index contributed by atoms with van der Waals surface area (Å²) in [6, 6.07) is 0. The molecule has 10 heavy (non-hydrogen) atoms. The molecular weight excluding hydrogens is 124 g/mol. The molecule has 0 aromatic rings. The molecule has 0 bridgehead atoms. The van der Waals surface area contributed by atoms with Gasteiger partial charge in [-0.25, -0.2) is 0 Å². The third-order valence-electron chi connectivity index (χ3n) is 1.57. The van der Waals surface area contributed by atoms with Crippen LogP contribution in [0.15, 0.2) is 24.0 Å². The van der Waals surface area contributed by atoms with Gasteiger partial charge >= 0.3 is 0 Å². The molecule has 0 aliphatic heterocycles. The largest absolute Gasteiger partial charge is 0.498 e.